The first-order valence-electron chi connectivity index (χ1n) is 7.90. The van der Waals surface area contributed by atoms with Crippen LogP contribution in [0.1, 0.15) is 22.6 Å². The summed E-state index contributed by atoms with van der Waals surface area (Å²) in [7, 11) is 1.65. The number of rotatable bonds is 7. The molecule has 26 heavy (non-hydrogen) atoms. The van der Waals surface area contributed by atoms with Gasteiger partial charge >= 0.3 is 6.61 Å². The minimum Gasteiger partial charge on any atom is -0.434 e. The topological polar surface area (TPSA) is 71.7 Å². The van der Waals surface area contributed by atoms with Crippen LogP contribution in [-0.2, 0) is 13.0 Å². The molecule has 0 aliphatic heterocycles. The lowest BCUT2D eigenvalue weighted by Gasteiger charge is -2.14. The number of aryl methyl sites for hydroxylation is 2. The maximum absolute atomic E-state index is 12.4. The molecule has 0 amide bonds. The molecule has 0 radical (unpaired) electrons. The average Bonchev–Trinajstić information content (AvgIpc) is 2.90. The van der Waals surface area contributed by atoms with Crippen molar-refractivity contribution in [3.05, 3.63) is 46.8 Å². The highest BCUT2D eigenvalue weighted by molar-refractivity contribution is 14.0. The molecular formula is C17H23F2IN4O2. The maximum atomic E-state index is 12.4. The molecule has 1 heterocycles. The molecule has 1 aromatic heterocycles. The van der Waals surface area contributed by atoms with E-state index in [1.54, 1.807) is 25.2 Å². The molecule has 144 valence electrons. The van der Waals surface area contributed by atoms with Crippen LogP contribution in [-0.4, -0.2) is 31.3 Å². The van der Waals surface area contributed by atoms with E-state index in [9.17, 15) is 8.78 Å². The Morgan fingerprint density at radius 3 is 2.62 bits per heavy atom. The van der Waals surface area contributed by atoms with Crippen LogP contribution in [0.3, 0.4) is 0 Å². The normalized spacial score (nSPS) is 11.2. The van der Waals surface area contributed by atoms with Crippen molar-refractivity contribution in [3.63, 3.8) is 0 Å². The average molecular weight is 480 g/mol. The fourth-order valence-electron chi connectivity index (χ4n) is 2.43. The molecule has 0 aliphatic rings. The number of ether oxygens (including phenoxy) is 1. The zero-order valence-corrected chi connectivity index (χ0v) is 17.2. The highest BCUT2D eigenvalue weighted by Crippen LogP contribution is 2.19. The Labute approximate surface area is 168 Å². The zero-order chi connectivity index (χ0) is 18.2. The summed E-state index contributed by atoms with van der Waals surface area (Å²) in [6.45, 7) is 1.88. The molecule has 9 heteroatoms. The third kappa shape index (κ3) is 6.43. The van der Waals surface area contributed by atoms with E-state index >= 15 is 0 Å². The molecule has 1 aromatic carbocycles. The molecule has 0 spiro atoms. The van der Waals surface area contributed by atoms with Crippen LogP contribution < -0.4 is 15.4 Å². The highest BCUT2D eigenvalue weighted by atomic mass is 127. The maximum Gasteiger partial charge on any atom is 0.387 e. The minimum absolute atomic E-state index is 0. The Hall–Kier alpha value is -1.91. The molecule has 0 saturated heterocycles. The number of para-hydroxylation sites is 1. The van der Waals surface area contributed by atoms with Gasteiger partial charge in [-0.3, -0.25) is 4.99 Å². The summed E-state index contributed by atoms with van der Waals surface area (Å²) in [6.07, 6.45) is 0.743. The summed E-state index contributed by atoms with van der Waals surface area (Å²) in [6, 6.07) is 6.65. The molecule has 2 aromatic rings. The predicted molar refractivity (Wildman–Crippen MR) is 106 cm³/mol. The molecule has 0 bridgehead atoms. The van der Waals surface area contributed by atoms with Crippen molar-refractivity contribution in [2.75, 3.05) is 13.6 Å². The van der Waals surface area contributed by atoms with Crippen molar-refractivity contribution in [2.45, 2.75) is 33.4 Å². The summed E-state index contributed by atoms with van der Waals surface area (Å²) in [5.41, 5.74) is 2.57. The lowest BCUT2D eigenvalue weighted by molar-refractivity contribution is -0.0504. The number of guanidine groups is 1. The molecule has 0 fully saturated rings. The van der Waals surface area contributed by atoms with Crippen LogP contribution >= 0.6 is 24.0 Å². The van der Waals surface area contributed by atoms with Gasteiger partial charge in [-0.2, -0.15) is 8.78 Å². The highest BCUT2D eigenvalue weighted by Gasteiger charge is 2.10. The third-order valence-electron chi connectivity index (χ3n) is 3.71. The molecule has 0 atom stereocenters. The van der Waals surface area contributed by atoms with Gasteiger partial charge in [0.05, 0.1) is 5.69 Å². The molecule has 2 N–H and O–H groups in total. The number of halogens is 3. The van der Waals surface area contributed by atoms with Gasteiger partial charge in [0.2, 0.25) is 0 Å². The smallest absolute Gasteiger partial charge is 0.387 e. The first kappa shape index (κ1) is 22.1. The van der Waals surface area contributed by atoms with Gasteiger partial charge in [-0.05, 0) is 26.3 Å². The van der Waals surface area contributed by atoms with Crippen LogP contribution in [0.4, 0.5) is 8.78 Å². The lowest BCUT2D eigenvalue weighted by Crippen LogP contribution is -2.38. The Morgan fingerprint density at radius 1 is 1.27 bits per heavy atom. The summed E-state index contributed by atoms with van der Waals surface area (Å²) in [4.78, 5) is 4.12. The Morgan fingerprint density at radius 2 is 2.00 bits per heavy atom. The standard InChI is InChI=1S/C17H22F2N4O2.HI/c1-11-14(12(2)25-23-11)8-9-21-17(20-3)22-10-13-6-4-5-7-15(13)24-16(18)19;/h4-7,16H,8-10H2,1-3H3,(H2,20,21,22);1H. The molecule has 6 nitrogen and oxygen atoms in total. The van der Waals surface area contributed by atoms with Gasteiger partial charge in [0.25, 0.3) is 0 Å². The molecular weight excluding hydrogens is 457 g/mol. The lowest BCUT2D eigenvalue weighted by atomic mass is 10.1. The summed E-state index contributed by atoms with van der Waals surface area (Å²) >= 11 is 0. The monoisotopic (exact) mass is 480 g/mol. The number of hydrogen-bond acceptors (Lipinski definition) is 4. The van der Waals surface area contributed by atoms with Crippen molar-refractivity contribution in [1.29, 1.82) is 0 Å². The number of aromatic nitrogens is 1. The van der Waals surface area contributed by atoms with Crippen molar-refractivity contribution in [3.8, 4) is 5.75 Å². The van der Waals surface area contributed by atoms with Crippen LogP contribution in [0.2, 0.25) is 0 Å². The third-order valence-corrected chi connectivity index (χ3v) is 3.71. The summed E-state index contributed by atoms with van der Waals surface area (Å²) < 4.78 is 34.5. The van der Waals surface area contributed by atoms with Crippen LogP contribution in [0.5, 0.6) is 5.75 Å². The van der Waals surface area contributed by atoms with Gasteiger partial charge in [0, 0.05) is 31.3 Å². The minimum atomic E-state index is -2.85. The second-order valence-corrected chi connectivity index (χ2v) is 5.39. The van der Waals surface area contributed by atoms with Gasteiger partial charge in [-0.1, -0.05) is 23.4 Å². The van der Waals surface area contributed by atoms with Crippen LogP contribution in [0.15, 0.2) is 33.8 Å². The van der Waals surface area contributed by atoms with E-state index in [4.69, 9.17) is 4.52 Å². The molecule has 0 aliphatic carbocycles. The Bertz CT molecular complexity index is 703. The van der Waals surface area contributed by atoms with Crippen molar-refractivity contribution in [2.24, 2.45) is 4.99 Å². The van der Waals surface area contributed by atoms with E-state index in [0.29, 0.717) is 24.6 Å². The second-order valence-electron chi connectivity index (χ2n) is 5.39. The van der Waals surface area contributed by atoms with E-state index in [1.165, 1.54) is 6.07 Å². The second kappa shape index (κ2) is 10.9. The van der Waals surface area contributed by atoms with Crippen LogP contribution in [0, 0.1) is 13.8 Å². The molecule has 0 unspecified atom stereocenters. The van der Waals surface area contributed by atoms with Crippen molar-refractivity contribution >= 4 is 29.9 Å². The van der Waals surface area contributed by atoms with Gasteiger partial charge in [-0.25, -0.2) is 0 Å². The predicted octanol–water partition coefficient (Wildman–Crippen LogP) is 3.42. The van der Waals surface area contributed by atoms with Crippen LogP contribution in [0.25, 0.3) is 0 Å². The number of benzene rings is 1. The zero-order valence-electron chi connectivity index (χ0n) is 14.9. The number of nitrogens with zero attached hydrogens (tertiary/aromatic N) is 2. The van der Waals surface area contributed by atoms with E-state index < -0.39 is 6.61 Å². The van der Waals surface area contributed by atoms with Crippen molar-refractivity contribution in [1.82, 2.24) is 15.8 Å². The van der Waals surface area contributed by atoms with Gasteiger partial charge in [0.15, 0.2) is 5.96 Å². The largest absolute Gasteiger partial charge is 0.434 e. The van der Waals surface area contributed by atoms with E-state index in [-0.39, 0.29) is 29.7 Å². The Kier molecular flexibility index (Phi) is 9.31. The SMILES string of the molecule is CN=C(NCCc1c(C)noc1C)NCc1ccccc1OC(F)F.I. The first-order valence-corrected chi connectivity index (χ1v) is 7.90. The van der Waals surface area contributed by atoms with E-state index in [2.05, 4.69) is 25.5 Å². The fourth-order valence-corrected chi connectivity index (χ4v) is 2.43. The first-order chi connectivity index (χ1) is 12.0. The quantitative estimate of drug-likeness (QED) is 0.361. The number of aliphatic imine (C=N–C) groups is 1. The molecule has 2 rings (SSSR count). The van der Waals surface area contributed by atoms with Gasteiger partial charge < -0.3 is 19.9 Å². The molecule has 0 saturated carbocycles. The number of alkyl halides is 2. The Balaban J connectivity index is 0.00000338. The van der Waals surface area contributed by atoms with Gasteiger partial charge in [-0.15, -0.1) is 24.0 Å². The number of hydrogen-bond donors (Lipinski definition) is 2. The van der Waals surface area contributed by atoms with E-state index in [1.807, 2.05) is 13.8 Å². The number of nitrogens with one attached hydrogen (secondary N) is 2. The summed E-state index contributed by atoms with van der Waals surface area (Å²) in [5, 5.41) is 10.2. The fraction of sp³-hybridized carbons (Fsp3) is 0.412. The van der Waals surface area contributed by atoms with E-state index in [0.717, 1.165) is 23.4 Å². The summed E-state index contributed by atoms with van der Waals surface area (Å²) in [5.74, 6) is 1.52. The van der Waals surface area contributed by atoms with Crippen molar-refractivity contribution < 1.29 is 18.0 Å². The van der Waals surface area contributed by atoms with Gasteiger partial charge in [0.1, 0.15) is 11.5 Å².